The fourth-order valence-electron chi connectivity index (χ4n) is 2.74. The highest BCUT2D eigenvalue weighted by Crippen LogP contribution is 2.08. The molecule has 0 aliphatic rings. The van der Waals surface area contributed by atoms with Crippen molar-refractivity contribution in [1.29, 1.82) is 0 Å². The van der Waals surface area contributed by atoms with E-state index in [2.05, 4.69) is 69.1 Å². The predicted molar refractivity (Wildman–Crippen MR) is 89.3 cm³/mol. The molecule has 1 N–H and O–H groups in total. The van der Waals surface area contributed by atoms with Gasteiger partial charge in [0.1, 0.15) is 0 Å². The monoisotopic (exact) mass is 276 g/mol. The van der Waals surface area contributed by atoms with Crippen LogP contribution in [0.25, 0.3) is 0 Å². The third-order valence-corrected chi connectivity index (χ3v) is 3.94. The SMILES string of the molecule is CCN(CC)CC(C)NC(C)CCc1cccc(C)c1. The Morgan fingerprint density at radius 1 is 1.10 bits per heavy atom. The van der Waals surface area contributed by atoms with Crippen molar-refractivity contribution in [3.63, 3.8) is 0 Å². The van der Waals surface area contributed by atoms with Gasteiger partial charge in [0.2, 0.25) is 0 Å². The van der Waals surface area contributed by atoms with Gasteiger partial charge in [0.05, 0.1) is 0 Å². The van der Waals surface area contributed by atoms with E-state index < -0.39 is 0 Å². The summed E-state index contributed by atoms with van der Waals surface area (Å²) in [6.07, 6.45) is 2.36. The summed E-state index contributed by atoms with van der Waals surface area (Å²) in [5.74, 6) is 0. The average Bonchev–Trinajstić information content (AvgIpc) is 2.42. The number of rotatable bonds is 9. The number of hydrogen-bond donors (Lipinski definition) is 1. The van der Waals surface area contributed by atoms with E-state index in [4.69, 9.17) is 0 Å². The first-order valence-corrected chi connectivity index (χ1v) is 8.09. The van der Waals surface area contributed by atoms with Gasteiger partial charge in [-0.05, 0) is 52.3 Å². The molecule has 0 saturated heterocycles. The lowest BCUT2D eigenvalue weighted by Gasteiger charge is -2.26. The minimum Gasteiger partial charge on any atom is -0.310 e. The van der Waals surface area contributed by atoms with Crippen LogP contribution in [-0.2, 0) is 6.42 Å². The van der Waals surface area contributed by atoms with Crippen LogP contribution in [0.5, 0.6) is 0 Å². The Labute approximate surface area is 125 Å². The molecular formula is C18H32N2. The van der Waals surface area contributed by atoms with Crippen molar-refractivity contribution in [1.82, 2.24) is 10.2 Å². The zero-order valence-electron chi connectivity index (χ0n) is 13.9. The highest BCUT2D eigenvalue weighted by molar-refractivity contribution is 5.22. The van der Waals surface area contributed by atoms with Crippen molar-refractivity contribution in [2.45, 2.75) is 59.5 Å². The average molecular weight is 276 g/mol. The summed E-state index contributed by atoms with van der Waals surface area (Å²) >= 11 is 0. The van der Waals surface area contributed by atoms with E-state index in [-0.39, 0.29) is 0 Å². The fraction of sp³-hybridized carbons (Fsp3) is 0.667. The van der Waals surface area contributed by atoms with Gasteiger partial charge in [0.25, 0.3) is 0 Å². The minimum absolute atomic E-state index is 0.558. The number of nitrogens with zero attached hydrogens (tertiary/aromatic N) is 1. The number of hydrogen-bond acceptors (Lipinski definition) is 2. The van der Waals surface area contributed by atoms with E-state index in [1.165, 1.54) is 17.5 Å². The van der Waals surface area contributed by atoms with Crippen molar-refractivity contribution in [2.24, 2.45) is 0 Å². The van der Waals surface area contributed by atoms with Crippen LogP contribution in [0.2, 0.25) is 0 Å². The van der Waals surface area contributed by atoms with Crippen LogP contribution >= 0.6 is 0 Å². The predicted octanol–water partition coefficient (Wildman–Crippen LogP) is 3.64. The fourth-order valence-corrected chi connectivity index (χ4v) is 2.74. The summed E-state index contributed by atoms with van der Waals surface area (Å²) in [4.78, 5) is 2.48. The van der Waals surface area contributed by atoms with Crippen LogP contribution in [0.4, 0.5) is 0 Å². The van der Waals surface area contributed by atoms with Crippen molar-refractivity contribution >= 4 is 0 Å². The van der Waals surface area contributed by atoms with Crippen LogP contribution < -0.4 is 5.32 Å². The minimum atomic E-state index is 0.558. The zero-order chi connectivity index (χ0) is 15.0. The molecule has 0 radical (unpaired) electrons. The molecule has 2 unspecified atom stereocenters. The highest BCUT2D eigenvalue weighted by atomic mass is 15.1. The molecule has 0 aliphatic carbocycles. The molecule has 1 rings (SSSR count). The summed E-state index contributed by atoms with van der Waals surface area (Å²) in [5.41, 5.74) is 2.81. The highest BCUT2D eigenvalue weighted by Gasteiger charge is 2.10. The number of aryl methyl sites for hydroxylation is 2. The Balaban J connectivity index is 2.30. The van der Waals surface area contributed by atoms with E-state index in [9.17, 15) is 0 Å². The largest absolute Gasteiger partial charge is 0.310 e. The smallest absolute Gasteiger partial charge is 0.0169 e. The van der Waals surface area contributed by atoms with E-state index in [0.717, 1.165) is 26.1 Å². The second-order valence-corrected chi connectivity index (χ2v) is 5.98. The maximum absolute atomic E-state index is 3.72. The second kappa shape index (κ2) is 9.15. The first kappa shape index (κ1) is 17.2. The molecule has 0 heterocycles. The van der Waals surface area contributed by atoms with E-state index in [1.807, 2.05) is 0 Å². The van der Waals surface area contributed by atoms with Crippen LogP contribution in [0.15, 0.2) is 24.3 Å². The molecule has 0 fully saturated rings. The molecule has 0 aliphatic heterocycles. The maximum Gasteiger partial charge on any atom is 0.0169 e. The topological polar surface area (TPSA) is 15.3 Å². The molecule has 0 amide bonds. The summed E-state index contributed by atoms with van der Waals surface area (Å²) in [5, 5.41) is 3.72. The van der Waals surface area contributed by atoms with Crippen LogP contribution in [0, 0.1) is 6.92 Å². The quantitative estimate of drug-likeness (QED) is 0.741. The Hall–Kier alpha value is -0.860. The molecule has 0 saturated carbocycles. The van der Waals surface area contributed by atoms with Gasteiger partial charge in [-0.1, -0.05) is 43.7 Å². The van der Waals surface area contributed by atoms with Gasteiger partial charge in [-0.15, -0.1) is 0 Å². The number of benzene rings is 1. The van der Waals surface area contributed by atoms with Crippen molar-refractivity contribution in [2.75, 3.05) is 19.6 Å². The first-order valence-electron chi connectivity index (χ1n) is 8.09. The molecule has 1 aromatic carbocycles. The van der Waals surface area contributed by atoms with Gasteiger partial charge in [0, 0.05) is 18.6 Å². The molecule has 0 bridgehead atoms. The number of nitrogens with one attached hydrogen (secondary N) is 1. The van der Waals surface area contributed by atoms with Crippen molar-refractivity contribution < 1.29 is 0 Å². The van der Waals surface area contributed by atoms with E-state index >= 15 is 0 Å². The van der Waals surface area contributed by atoms with Gasteiger partial charge >= 0.3 is 0 Å². The summed E-state index contributed by atoms with van der Waals surface area (Å²) < 4.78 is 0. The molecule has 0 aromatic heterocycles. The summed E-state index contributed by atoms with van der Waals surface area (Å²) in [6.45, 7) is 14.6. The van der Waals surface area contributed by atoms with Gasteiger partial charge < -0.3 is 10.2 Å². The van der Waals surface area contributed by atoms with Crippen LogP contribution in [0.1, 0.15) is 45.2 Å². The standard InChI is InChI=1S/C18H32N2/c1-6-20(7-2)14-17(5)19-16(4)11-12-18-10-8-9-15(3)13-18/h8-10,13,16-17,19H,6-7,11-12,14H2,1-5H3. The maximum atomic E-state index is 3.72. The van der Waals surface area contributed by atoms with Crippen molar-refractivity contribution in [3.8, 4) is 0 Å². The lowest BCUT2D eigenvalue weighted by molar-refractivity contribution is 0.261. The summed E-state index contributed by atoms with van der Waals surface area (Å²) in [6, 6.07) is 9.98. The lowest BCUT2D eigenvalue weighted by atomic mass is 10.0. The Morgan fingerprint density at radius 2 is 1.80 bits per heavy atom. The normalized spacial score (nSPS) is 14.5. The Bertz CT molecular complexity index is 371. The molecule has 2 heteroatoms. The van der Waals surface area contributed by atoms with Crippen LogP contribution in [-0.4, -0.2) is 36.6 Å². The molecular weight excluding hydrogens is 244 g/mol. The molecule has 114 valence electrons. The van der Waals surface area contributed by atoms with Gasteiger partial charge in [0.15, 0.2) is 0 Å². The molecule has 0 spiro atoms. The molecule has 2 nitrogen and oxygen atoms in total. The van der Waals surface area contributed by atoms with E-state index in [1.54, 1.807) is 0 Å². The zero-order valence-corrected chi connectivity index (χ0v) is 13.9. The molecule has 2 atom stereocenters. The third-order valence-electron chi connectivity index (χ3n) is 3.94. The van der Waals surface area contributed by atoms with Gasteiger partial charge in [-0.25, -0.2) is 0 Å². The Kier molecular flexibility index (Phi) is 7.86. The summed E-state index contributed by atoms with van der Waals surface area (Å²) in [7, 11) is 0. The third kappa shape index (κ3) is 6.53. The number of likely N-dealkylation sites (N-methyl/N-ethyl adjacent to an activating group) is 1. The Morgan fingerprint density at radius 3 is 2.40 bits per heavy atom. The van der Waals surface area contributed by atoms with E-state index in [0.29, 0.717) is 12.1 Å². The molecule has 20 heavy (non-hydrogen) atoms. The second-order valence-electron chi connectivity index (χ2n) is 5.98. The molecule has 1 aromatic rings. The van der Waals surface area contributed by atoms with Gasteiger partial charge in [-0.2, -0.15) is 0 Å². The van der Waals surface area contributed by atoms with Crippen LogP contribution in [0.3, 0.4) is 0 Å². The van der Waals surface area contributed by atoms with Crippen molar-refractivity contribution in [3.05, 3.63) is 35.4 Å². The van der Waals surface area contributed by atoms with Gasteiger partial charge in [-0.3, -0.25) is 0 Å². The lowest BCUT2D eigenvalue weighted by Crippen LogP contribution is -2.43. The first-order chi connectivity index (χ1) is 9.55.